The van der Waals surface area contributed by atoms with E-state index in [1.165, 1.54) is 11.1 Å². The number of nitrogens with one attached hydrogen (secondary N) is 1. The summed E-state index contributed by atoms with van der Waals surface area (Å²) in [5.74, 6) is 0. The third kappa shape index (κ3) is 7.48. The lowest BCUT2D eigenvalue weighted by Crippen LogP contribution is -2.40. The van der Waals surface area contributed by atoms with E-state index in [0.717, 1.165) is 6.54 Å². The number of carbonyl (C=O) groups excluding carboxylic acids is 1. The van der Waals surface area contributed by atoms with Crippen LogP contribution in [0.5, 0.6) is 0 Å². The average Bonchev–Trinajstić information content (AvgIpc) is 2.47. The molecule has 1 rings (SSSR count). The molecular formula is C18H30N2O3. The zero-order chi connectivity index (χ0) is 17.3. The first kappa shape index (κ1) is 19.5. The summed E-state index contributed by atoms with van der Waals surface area (Å²) in [4.78, 5) is 13.8. The quantitative estimate of drug-likeness (QED) is 0.747. The molecule has 1 aromatic carbocycles. The number of amides is 1. The third-order valence-corrected chi connectivity index (χ3v) is 3.33. The zero-order valence-corrected chi connectivity index (χ0v) is 15.0. The van der Waals surface area contributed by atoms with Gasteiger partial charge in [-0.15, -0.1) is 0 Å². The molecule has 0 saturated carbocycles. The van der Waals surface area contributed by atoms with E-state index >= 15 is 0 Å². The van der Waals surface area contributed by atoms with Gasteiger partial charge in [0.15, 0.2) is 0 Å². The van der Waals surface area contributed by atoms with Crippen molar-refractivity contribution in [2.45, 2.75) is 46.4 Å². The molecule has 0 spiro atoms. The standard InChI is InChI=1S/C18H30N2O3/c1-6-20(17(21)23-18(2,3)4)12-11-19-13-15-9-7-8-10-16(15)14-22-5/h7-10,19H,6,11-14H2,1-5H3. The molecular weight excluding hydrogens is 292 g/mol. The minimum atomic E-state index is -0.461. The summed E-state index contributed by atoms with van der Waals surface area (Å²) in [6.45, 7) is 10.9. The Balaban J connectivity index is 2.42. The van der Waals surface area contributed by atoms with Crippen LogP contribution in [0.4, 0.5) is 4.79 Å². The number of hydrogen-bond acceptors (Lipinski definition) is 4. The molecule has 0 aliphatic carbocycles. The maximum absolute atomic E-state index is 12.1. The summed E-state index contributed by atoms with van der Waals surface area (Å²) >= 11 is 0. The molecule has 5 nitrogen and oxygen atoms in total. The molecule has 0 heterocycles. The van der Waals surface area contributed by atoms with Gasteiger partial charge in [0.2, 0.25) is 0 Å². The summed E-state index contributed by atoms with van der Waals surface area (Å²) in [6, 6.07) is 8.20. The van der Waals surface area contributed by atoms with E-state index in [-0.39, 0.29) is 6.09 Å². The van der Waals surface area contributed by atoms with Gasteiger partial charge in [0.1, 0.15) is 5.60 Å². The van der Waals surface area contributed by atoms with Crippen molar-refractivity contribution in [3.63, 3.8) is 0 Å². The monoisotopic (exact) mass is 322 g/mol. The van der Waals surface area contributed by atoms with Crippen LogP contribution >= 0.6 is 0 Å². The number of likely N-dealkylation sites (N-methyl/N-ethyl adjacent to an activating group) is 1. The molecule has 0 atom stereocenters. The lowest BCUT2D eigenvalue weighted by Gasteiger charge is -2.26. The second-order valence-electron chi connectivity index (χ2n) is 6.44. The second-order valence-corrected chi connectivity index (χ2v) is 6.44. The van der Waals surface area contributed by atoms with Crippen molar-refractivity contribution >= 4 is 6.09 Å². The van der Waals surface area contributed by atoms with Crippen LogP contribution in [0.2, 0.25) is 0 Å². The molecule has 1 N–H and O–H groups in total. The number of nitrogens with zero attached hydrogens (tertiary/aromatic N) is 1. The van der Waals surface area contributed by atoms with Gasteiger partial charge in [-0.3, -0.25) is 0 Å². The van der Waals surface area contributed by atoms with E-state index in [4.69, 9.17) is 9.47 Å². The Kier molecular flexibility index (Phi) is 8.06. The first-order valence-corrected chi connectivity index (χ1v) is 8.11. The molecule has 0 bridgehead atoms. The number of hydrogen-bond donors (Lipinski definition) is 1. The van der Waals surface area contributed by atoms with Gasteiger partial charge in [0.25, 0.3) is 0 Å². The Hall–Kier alpha value is -1.59. The van der Waals surface area contributed by atoms with Crippen molar-refractivity contribution in [2.75, 3.05) is 26.7 Å². The maximum atomic E-state index is 12.1. The Morgan fingerprint density at radius 1 is 1.22 bits per heavy atom. The van der Waals surface area contributed by atoms with Crippen LogP contribution < -0.4 is 5.32 Å². The summed E-state index contributed by atoms with van der Waals surface area (Å²) in [6.07, 6.45) is -0.262. The Morgan fingerprint density at radius 2 is 1.87 bits per heavy atom. The molecule has 0 saturated heterocycles. The molecule has 0 radical (unpaired) electrons. The van der Waals surface area contributed by atoms with Crippen molar-refractivity contribution < 1.29 is 14.3 Å². The SMILES string of the molecule is CCN(CCNCc1ccccc1COC)C(=O)OC(C)(C)C. The molecule has 130 valence electrons. The average molecular weight is 322 g/mol. The van der Waals surface area contributed by atoms with Crippen molar-refractivity contribution in [3.8, 4) is 0 Å². The lowest BCUT2D eigenvalue weighted by molar-refractivity contribution is 0.0262. The minimum Gasteiger partial charge on any atom is -0.444 e. The highest BCUT2D eigenvalue weighted by atomic mass is 16.6. The van der Waals surface area contributed by atoms with Gasteiger partial charge in [0.05, 0.1) is 6.61 Å². The predicted octanol–water partition coefficient (Wildman–Crippen LogP) is 3.18. The number of methoxy groups -OCH3 is 1. The molecule has 5 heteroatoms. The largest absolute Gasteiger partial charge is 0.444 e. The first-order chi connectivity index (χ1) is 10.9. The minimum absolute atomic E-state index is 0.262. The highest BCUT2D eigenvalue weighted by molar-refractivity contribution is 5.68. The summed E-state index contributed by atoms with van der Waals surface area (Å²) < 4.78 is 10.6. The van der Waals surface area contributed by atoms with Gasteiger partial charge in [-0.25, -0.2) is 4.79 Å². The van der Waals surface area contributed by atoms with E-state index in [0.29, 0.717) is 26.2 Å². The van der Waals surface area contributed by atoms with E-state index in [9.17, 15) is 4.79 Å². The topological polar surface area (TPSA) is 50.8 Å². The molecule has 0 fully saturated rings. The predicted molar refractivity (Wildman–Crippen MR) is 92.3 cm³/mol. The fourth-order valence-corrected chi connectivity index (χ4v) is 2.17. The fourth-order valence-electron chi connectivity index (χ4n) is 2.17. The van der Waals surface area contributed by atoms with Crippen LogP contribution in [0.3, 0.4) is 0 Å². The molecule has 1 amide bonds. The van der Waals surface area contributed by atoms with Gasteiger partial charge < -0.3 is 19.7 Å². The molecule has 1 aromatic rings. The Labute approximate surface area is 140 Å². The molecule has 0 unspecified atom stereocenters. The molecule has 0 aliphatic rings. The van der Waals surface area contributed by atoms with Crippen LogP contribution in [-0.4, -0.2) is 43.3 Å². The molecule has 0 aromatic heterocycles. The number of rotatable bonds is 8. The van der Waals surface area contributed by atoms with E-state index in [2.05, 4.69) is 17.4 Å². The van der Waals surface area contributed by atoms with Gasteiger partial charge >= 0.3 is 6.09 Å². The van der Waals surface area contributed by atoms with Crippen LogP contribution in [0.15, 0.2) is 24.3 Å². The summed E-state index contributed by atoms with van der Waals surface area (Å²) in [5.41, 5.74) is 1.94. The van der Waals surface area contributed by atoms with Crippen LogP contribution in [0.25, 0.3) is 0 Å². The van der Waals surface area contributed by atoms with E-state index in [1.807, 2.05) is 39.8 Å². The first-order valence-electron chi connectivity index (χ1n) is 8.11. The lowest BCUT2D eigenvalue weighted by atomic mass is 10.1. The Morgan fingerprint density at radius 3 is 2.43 bits per heavy atom. The third-order valence-electron chi connectivity index (χ3n) is 3.33. The van der Waals surface area contributed by atoms with E-state index in [1.54, 1.807) is 12.0 Å². The Bertz CT molecular complexity index is 483. The van der Waals surface area contributed by atoms with Crippen molar-refractivity contribution in [1.29, 1.82) is 0 Å². The van der Waals surface area contributed by atoms with Crippen LogP contribution in [0.1, 0.15) is 38.8 Å². The summed E-state index contributed by atoms with van der Waals surface area (Å²) in [7, 11) is 1.70. The highest BCUT2D eigenvalue weighted by Gasteiger charge is 2.20. The highest BCUT2D eigenvalue weighted by Crippen LogP contribution is 2.10. The molecule has 23 heavy (non-hydrogen) atoms. The van der Waals surface area contributed by atoms with Gasteiger partial charge in [-0.05, 0) is 38.8 Å². The van der Waals surface area contributed by atoms with Gasteiger partial charge in [0, 0.05) is 33.3 Å². The summed E-state index contributed by atoms with van der Waals surface area (Å²) in [5, 5.41) is 3.38. The number of benzene rings is 1. The van der Waals surface area contributed by atoms with Crippen molar-refractivity contribution in [3.05, 3.63) is 35.4 Å². The number of ether oxygens (including phenoxy) is 2. The second kappa shape index (κ2) is 9.53. The van der Waals surface area contributed by atoms with Crippen LogP contribution in [0, 0.1) is 0 Å². The van der Waals surface area contributed by atoms with Gasteiger partial charge in [-0.2, -0.15) is 0 Å². The number of carbonyl (C=O) groups is 1. The fraction of sp³-hybridized carbons (Fsp3) is 0.611. The van der Waals surface area contributed by atoms with Crippen molar-refractivity contribution in [1.82, 2.24) is 10.2 Å². The van der Waals surface area contributed by atoms with E-state index < -0.39 is 5.60 Å². The van der Waals surface area contributed by atoms with Crippen LogP contribution in [-0.2, 0) is 22.6 Å². The zero-order valence-electron chi connectivity index (χ0n) is 15.0. The maximum Gasteiger partial charge on any atom is 0.410 e. The van der Waals surface area contributed by atoms with Crippen molar-refractivity contribution in [2.24, 2.45) is 0 Å². The molecule has 0 aliphatic heterocycles. The van der Waals surface area contributed by atoms with Gasteiger partial charge in [-0.1, -0.05) is 24.3 Å². The normalized spacial score (nSPS) is 11.3. The smallest absolute Gasteiger partial charge is 0.410 e.